The number of nitrogens with one attached hydrogen (secondary N) is 2. The van der Waals surface area contributed by atoms with Crippen LogP contribution < -0.4 is 16.4 Å². The zero-order chi connectivity index (χ0) is 24.8. The van der Waals surface area contributed by atoms with E-state index in [1.807, 2.05) is 30.3 Å². The molecule has 1 amide bonds. The smallest absolute Gasteiger partial charge is 0.369 e. The van der Waals surface area contributed by atoms with Gasteiger partial charge < -0.3 is 16.4 Å². The minimum atomic E-state index is -4.40. The third-order valence-corrected chi connectivity index (χ3v) is 6.35. The fraction of sp³-hybridized carbons (Fsp3) is 0.346. The Hall–Kier alpha value is -3.62. The number of primary amides is 1. The molecular formula is C26H28F3N5O. The van der Waals surface area contributed by atoms with Gasteiger partial charge in [-0.05, 0) is 49.3 Å². The molecule has 0 bridgehead atoms. The van der Waals surface area contributed by atoms with Gasteiger partial charge in [0.2, 0.25) is 11.9 Å². The van der Waals surface area contributed by atoms with Crippen molar-refractivity contribution in [3.8, 4) is 11.3 Å². The average Bonchev–Trinajstić information content (AvgIpc) is 2.86. The fourth-order valence-corrected chi connectivity index (χ4v) is 4.27. The average molecular weight is 484 g/mol. The minimum Gasteiger partial charge on any atom is -0.369 e. The summed E-state index contributed by atoms with van der Waals surface area (Å²) in [6, 6.07) is 16.5. The third-order valence-electron chi connectivity index (χ3n) is 6.35. The van der Waals surface area contributed by atoms with Crippen LogP contribution in [0.4, 0.5) is 24.9 Å². The molecule has 0 spiro atoms. The van der Waals surface area contributed by atoms with E-state index < -0.39 is 11.7 Å². The van der Waals surface area contributed by atoms with Crippen molar-refractivity contribution in [2.45, 2.75) is 38.4 Å². The van der Waals surface area contributed by atoms with Crippen LogP contribution in [-0.2, 0) is 17.5 Å². The highest BCUT2D eigenvalue weighted by atomic mass is 19.4. The number of benzene rings is 2. The molecule has 4 N–H and O–H groups in total. The molecular weight excluding hydrogens is 455 g/mol. The Bertz CT molecular complexity index is 1130. The molecule has 3 aromatic rings. The quantitative estimate of drug-likeness (QED) is 0.395. The van der Waals surface area contributed by atoms with E-state index in [4.69, 9.17) is 5.73 Å². The number of rotatable bonds is 8. The van der Waals surface area contributed by atoms with E-state index in [1.165, 1.54) is 12.1 Å². The predicted molar refractivity (Wildman–Crippen MR) is 129 cm³/mol. The lowest BCUT2D eigenvalue weighted by molar-refractivity contribution is -0.137. The second-order valence-corrected chi connectivity index (χ2v) is 8.88. The number of aromatic nitrogens is 2. The Labute approximate surface area is 202 Å². The van der Waals surface area contributed by atoms with E-state index in [0.29, 0.717) is 42.0 Å². The van der Waals surface area contributed by atoms with Crippen LogP contribution in [0, 0.1) is 11.8 Å². The van der Waals surface area contributed by atoms with Crippen molar-refractivity contribution in [1.29, 1.82) is 0 Å². The summed E-state index contributed by atoms with van der Waals surface area (Å²) < 4.78 is 39.0. The molecule has 184 valence electrons. The van der Waals surface area contributed by atoms with Crippen molar-refractivity contribution < 1.29 is 18.0 Å². The van der Waals surface area contributed by atoms with Crippen LogP contribution in [-0.4, -0.2) is 22.4 Å². The normalized spacial score (nSPS) is 18.1. The molecule has 1 aliphatic rings. The third kappa shape index (κ3) is 6.71. The molecule has 1 aliphatic carbocycles. The summed E-state index contributed by atoms with van der Waals surface area (Å²) in [4.78, 5) is 20.5. The maximum absolute atomic E-state index is 13.0. The van der Waals surface area contributed by atoms with Crippen molar-refractivity contribution in [2.24, 2.45) is 17.6 Å². The number of amides is 1. The second-order valence-electron chi connectivity index (χ2n) is 8.88. The molecule has 1 aromatic heterocycles. The summed E-state index contributed by atoms with van der Waals surface area (Å²) >= 11 is 0. The molecule has 0 radical (unpaired) electrons. The molecule has 0 saturated heterocycles. The lowest BCUT2D eigenvalue weighted by Crippen LogP contribution is -2.29. The van der Waals surface area contributed by atoms with Crippen LogP contribution in [0.5, 0.6) is 0 Å². The van der Waals surface area contributed by atoms with E-state index in [-0.39, 0.29) is 11.8 Å². The summed E-state index contributed by atoms with van der Waals surface area (Å²) in [5.41, 5.74) is 6.87. The molecule has 0 unspecified atom stereocenters. The molecule has 1 saturated carbocycles. The van der Waals surface area contributed by atoms with Gasteiger partial charge in [-0.15, -0.1) is 0 Å². The molecule has 6 nitrogen and oxygen atoms in total. The Balaban J connectivity index is 1.51. The number of nitrogens with two attached hydrogens (primary N) is 1. The Kier molecular flexibility index (Phi) is 7.53. The summed E-state index contributed by atoms with van der Waals surface area (Å²) in [7, 11) is 0. The molecule has 35 heavy (non-hydrogen) atoms. The van der Waals surface area contributed by atoms with Gasteiger partial charge in [-0.2, -0.15) is 18.2 Å². The van der Waals surface area contributed by atoms with Crippen LogP contribution >= 0.6 is 0 Å². The van der Waals surface area contributed by atoms with E-state index in [1.54, 1.807) is 6.07 Å². The monoisotopic (exact) mass is 483 g/mol. The highest BCUT2D eigenvalue weighted by Gasteiger charge is 2.30. The van der Waals surface area contributed by atoms with Crippen molar-refractivity contribution in [1.82, 2.24) is 9.97 Å². The molecule has 0 atom stereocenters. The van der Waals surface area contributed by atoms with Gasteiger partial charge in [0, 0.05) is 30.6 Å². The van der Waals surface area contributed by atoms with Crippen LogP contribution in [0.25, 0.3) is 11.3 Å². The summed E-state index contributed by atoms with van der Waals surface area (Å²) in [6.07, 6.45) is -1.07. The standard InChI is InChI=1S/C26H28F3N5O/c27-26(28,29)21-12-10-19(11-13-21)22-14-23(31-15-17-4-2-1-3-5-17)34-25(33-22)32-16-18-6-8-20(9-7-18)24(30)35/h1-5,10-14,18,20H,6-9,15-16H2,(H2,30,35)(H2,31,32,33,34). The van der Waals surface area contributed by atoms with Crippen LogP contribution in [0.3, 0.4) is 0 Å². The van der Waals surface area contributed by atoms with Crippen molar-refractivity contribution in [3.05, 3.63) is 71.8 Å². The second kappa shape index (κ2) is 10.8. The van der Waals surface area contributed by atoms with Gasteiger partial charge in [0.25, 0.3) is 0 Å². The molecule has 9 heteroatoms. The van der Waals surface area contributed by atoms with Gasteiger partial charge in [-0.3, -0.25) is 4.79 Å². The van der Waals surface area contributed by atoms with Gasteiger partial charge in [0.15, 0.2) is 0 Å². The first-order chi connectivity index (χ1) is 16.8. The maximum atomic E-state index is 13.0. The van der Waals surface area contributed by atoms with E-state index >= 15 is 0 Å². The van der Waals surface area contributed by atoms with Crippen molar-refractivity contribution in [3.63, 3.8) is 0 Å². The number of hydrogen-bond acceptors (Lipinski definition) is 5. The summed E-state index contributed by atoms with van der Waals surface area (Å²) in [6.45, 7) is 1.18. The van der Waals surface area contributed by atoms with E-state index in [9.17, 15) is 18.0 Å². The topological polar surface area (TPSA) is 92.9 Å². The number of alkyl halides is 3. The number of hydrogen-bond donors (Lipinski definition) is 3. The Morgan fingerprint density at radius 3 is 2.26 bits per heavy atom. The number of carbonyl (C=O) groups is 1. The first-order valence-electron chi connectivity index (χ1n) is 11.7. The van der Waals surface area contributed by atoms with Gasteiger partial charge in [0.05, 0.1) is 11.3 Å². The fourth-order valence-electron chi connectivity index (χ4n) is 4.27. The minimum absolute atomic E-state index is 0.0562. The van der Waals surface area contributed by atoms with Gasteiger partial charge in [-0.1, -0.05) is 42.5 Å². The summed E-state index contributed by atoms with van der Waals surface area (Å²) in [5.74, 6) is 1.04. The number of nitrogens with zero attached hydrogens (tertiary/aromatic N) is 2. The highest BCUT2D eigenvalue weighted by molar-refractivity contribution is 5.76. The van der Waals surface area contributed by atoms with E-state index in [0.717, 1.165) is 43.4 Å². The van der Waals surface area contributed by atoms with Crippen LogP contribution in [0.1, 0.15) is 36.8 Å². The first-order valence-corrected chi connectivity index (χ1v) is 11.7. The molecule has 0 aliphatic heterocycles. The van der Waals surface area contributed by atoms with Crippen molar-refractivity contribution in [2.75, 3.05) is 17.2 Å². The molecule has 1 fully saturated rings. The van der Waals surface area contributed by atoms with Gasteiger partial charge >= 0.3 is 6.18 Å². The summed E-state index contributed by atoms with van der Waals surface area (Å²) in [5, 5.41) is 6.57. The zero-order valence-electron chi connectivity index (χ0n) is 19.2. The zero-order valence-corrected chi connectivity index (χ0v) is 19.2. The lowest BCUT2D eigenvalue weighted by Gasteiger charge is -2.26. The van der Waals surface area contributed by atoms with Gasteiger partial charge in [-0.25, -0.2) is 4.98 Å². The van der Waals surface area contributed by atoms with Gasteiger partial charge in [0.1, 0.15) is 5.82 Å². The van der Waals surface area contributed by atoms with Crippen LogP contribution in [0.2, 0.25) is 0 Å². The predicted octanol–water partition coefficient (Wildman–Crippen LogP) is 5.48. The van der Waals surface area contributed by atoms with Crippen molar-refractivity contribution >= 4 is 17.7 Å². The number of carbonyl (C=O) groups excluding carboxylic acids is 1. The highest BCUT2D eigenvalue weighted by Crippen LogP contribution is 2.32. The van der Waals surface area contributed by atoms with E-state index in [2.05, 4.69) is 20.6 Å². The number of halogens is 3. The molecule has 1 heterocycles. The lowest BCUT2D eigenvalue weighted by atomic mass is 9.82. The largest absolute Gasteiger partial charge is 0.416 e. The molecule has 4 rings (SSSR count). The molecule has 2 aromatic carbocycles. The first kappa shape index (κ1) is 24.5. The Morgan fingerprint density at radius 1 is 0.943 bits per heavy atom. The Morgan fingerprint density at radius 2 is 1.63 bits per heavy atom. The van der Waals surface area contributed by atoms with Crippen LogP contribution in [0.15, 0.2) is 60.7 Å². The maximum Gasteiger partial charge on any atom is 0.416 e. The number of anilines is 2. The SMILES string of the molecule is NC(=O)C1CCC(CNc2nc(NCc3ccccc3)cc(-c3ccc(C(F)(F)F)cc3)n2)CC1.